The number of likely N-dealkylation sites (tertiary alicyclic amines) is 1. The van der Waals surface area contributed by atoms with Crippen molar-refractivity contribution in [2.24, 2.45) is 0 Å². The Labute approximate surface area is 124 Å². The van der Waals surface area contributed by atoms with Gasteiger partial charge in [-0.2, -0.15) is 4.98 Å². The van der Waals surface area contributed by atoms with E-state index in [1.807, 2.05) is 25.8 Å². The minimum absolute atomic E-state index is 0.231. The molecule has 2 atom stereocenters. The Hall–Kier alpha value is -1.47. The fraction of sp³-hybridized carbons (Fsp3) is 0.786. The second kappa shape index (κ2) is 6.53. The maximum atomic E-state index is 11.0. The van der Waals surface area contributed by atoms with Crippen molar-refractivity contribution in [1.82, 2.24) is 19.9 Å². The quantitative estimate of drug-likeness (QED) is 0.843. The van der Waals surface area contributed by atoms with Crippen LogP contribution < -0.4 is 0 Å². The lowest BCUT2D eigenvalue weighted by Crippen LogP contribution is -2.40. The maximum absolute atomic E-state index is 11.0. The molecule has 0 radical (unpaired) electrons. The highest BCUT2D eigenvalue weighted by molar-refractivity contribution is 5.72. The molecular weight excluding hydrogens is 272 g/mol. The van der Waals surface area contributed by atoms with Gasteiger partial charge in [0.15, 0.2) is 5.82 Å². The van der Waals surface area contributed by atoms with Crippen molar-refractivity contribution in [3.8, 4) is 0 Å². The number of aromatic nitrogens is 2. The van der Waals surface area contributed by atoms with Crippen LogP contribution in [0.5, 0.6) is 0 Å². The van der Waals surface area contributed by atoms with Gasteiger partial charge in [-0.05, 0) is 20.4 Å². The summed E-state index contributed by atoms with van der Waals surface area (Å²) in [7, 11) is 2.02. The van der Waals surface area contributed by atoms with Gasteiger partial charge in [-0.3, -0.25) is 14.6 Å². The third-order valence-corrected chi connectivity index (χ3v) is 4.09. The summed E-state index contributed by atoms with van der Waals surface area (Å²) >= 11 is 0. The number of carbonyl (C=O) groups is 1. The van der Waals surface area contributed by atoms with E-state index < -0.39 is 12.0 Å². The molecule has 0 saturated carbocycles. The van der Waals surface area contributed by atoms with Crippen LogP contribution in [0.3, 0.4) is 0 Å². The third-order valence-electron chi connectivity index (χ3n) is 4.09. The SMILES string of the molecule is CC(C)c1nc(CN(C)C2CCN(C(C)C(=O)O)C2)no1. The topological polar surface area (TPSA) is 82.7 Å². The zero-order valence-electron chi connectivity index (χ0n) is 13.1. The van der Waals surface area contributed by atoms with Crippen LogP contribution in [0.4, 0.5) is 0 Å². The van der Waals surface area contributed by atoms with Gasteiger partial charge < -0.3 is 9.63 Å². The number of rotatable bonds is 6. The number of aliphatic carboxylic acids is 1. The lowest BCUT2D eigenvalue weighted by Gasteiger charge is -2.24. The van der Waals surface area contributed by atoms with E-state index in [9.17, 15) is 4.79 Å². The van der Waals surface area contributed by atoms with Gasteiger partial charge in [0.1, 0.15) is 6.04 Å². The molecule has 7 heteroatoms. The van der Waals surface area contributed by atoms with Gasteiger partial charge >= 0.3 is 5.97 Å². The molecule has 1 aromatic heterocycles. The van der Waals surface area contributed by atoms with E-state index in [0.717, 1.165) is 19.5 Å². The van der Waals surface area contributed by atoms with Crippen LogP contribution in [0.1, 0.15) is 44.8 Å². The molecular formula is C14H24N4O3. The Bertz CT molecular complexity index is 488. The summed E-state index contributed by atoms with van der Waals surface area (Å²) in [5.41, 5.74) is 0. The summed E-state index contributed by atoms with van der Waals surface area (Å²) in [4.78, 5) is 19.6. The molecule has 1 N–H and O–H groups in total. The number of carboxylic acids is 1. The minimum atomic E-state index is -0.766. The summed E-state index contributed by atoms with van der Waals surface area (Å²) in [5.74, 6) is 0.810. The van der Waals surface area contributed by atoms with Gasteiger partial charge in [-0.1, -0.05) is 19.0 Å². The fourth-order valence-electron chi connectivity index (χ4n) is 2.55. The van der Waals surface area contributed by atoms with Crippen molar-refractivity contribution >= 4 is 5.97 Å². The van der Waals surface area contributed by atoms with Crippen LogP contribution >= 0.6 is 0 Å². The van der Waals surface area contributed by atoms with Crippen molar-refractivity contribution in [3.63, 3.8) is 0 Å². The number of carboxylic acid groups (broad SMARTS) is 1. The molecule has 2 rings (SSSR count). The van der Waals surface area contributed by atoms with Crippen LogP contribution in [0, 0.1) is 0 Å². The summed E-state index contributed by atoms with van der Waals surface area (Å²) < 4.78 is 5.20. The van der Waals surface area contributed by atoms with E-state index in [-0.39, 0.29) is 5.92 Å². The smallest absolute Gasteiger partial charge is 0.320 e. The Balaban J connectivity index is 1.89. The van der Waals surface area contributed by atoms with Gasteiger partial charge in [0.05, 0.1) is 6.54 Å². The molecule has 118 valence electrons. The predicted octanol–water partition coefficient (Wildman–Crippen LogP) is 1.17. The molecule has 1 aliphatic heterocycles. The van der Waals surface area contributed by atoms with E-state index in [1.165, 1.54) is 0 Å². The molecule has 1 saturated heterocycles. The van der Waals surface area contributed by atoms with Gasteiger partial charge in [0.25, 0.3) is 0 Å². The predicted molar refractivity (Wildman–Crippen MR) is 76.9 cm³/mol. The molecule has 7 nitrogen and oxygen atoms in total. The monoisotopic (exact) mass is 296 g/mol. The van der Waals surface area contributed by atoms with Gasteiger partial charge in [0.2, 0.25) is 5.89 Å². The molecule has 2 unspecified atom stereocenters. The van der Waals surface area contributed by atoms with Crippen molar-refractivity contribution in [2.45, 2.75) is 51.7 Å². The number of nitrogens with zero attached hydrogens (tertiary/aromatic N) is 4. The van der Waals surface area contributed by atoms with Gasteiger partial charge in [-0.15, -0.1) is 0 Å². The molecule has 0 bridgehead atoms. The van der Waals surface area contributed by atoms with Crippen molar-refractivity contribution in [2.75, 3.05) is 20.1 Å². The van der Waals surface area contributed by atoms with Crippen molar-refractivity contribution in [1.29, 1.82) is 0 Å². The molecule has 1 aliphatic rings. The summed E-state index contributed by atoms with van der Waals surface area (Å²) in [6.07, 6.45) is 0.961. The lowest BCUT2D eigenvalue weighted by atomic mass is 10.2. The number of likely N-dealkylation sites (N-methyl/N-ethyl adjacent to an activating group) is 1. The normalized spacial score (nSPS) is 21.3. The average molecular weight is 296 g/mol. The first kappa shape index (κ1) is 15.9. The van der Waals surface area contributed by atoms with E-state index in [4.69, 9.17) is 9.63 Å². The molecule has 2 heterocycles. The highest BCUT2D eigenvalue weighted by atomic mass is 16.5. The van der Waals surface area contributed by atoms with Gasteiger partial charge in [-0.25, -0.2) is 0 Å². The largest absolute Gasteiger partial charge is 0.480 e. The lowest BCUT2D eigenvalue weighted by molar-refractivity contribution is -0.142. The Kier molecular flexibility index (Phi) is 4.95. The molecule has 1 fully saturated rings. The molecule has 1 aromatic rings. The van der Waals surface area contributed by atoms with Crippen LogP contribution in [-0.2, 0) is 11.3 Å². The molecule has 0 amide bonds. The molecule has 0 aliphatic carbocycles. The first-order chi connectivity index (χ1) is 9.88. The zero-order valence-corrected chi connectivity index (χ0v) is 13.1. The van der Waals surface area contributed by atoms with E-state index in [2.05, 4.69) is 15.0 Å². The Morgan fingerprint density at radius 1 is 1.52 bits per heavy atom. The molecule has 0 spiro atoms. The van der Waals surface area contributed by atoms with Crippen molar-refractivity contribution < 1.29 is 14.4 Å². The third kappa shape index (κ3) is 3.79. The number of hydrogen-bond donors (Lipinski definition) is 1. The second-order valence-corrected chi connectivity index (χ2v) is 6.07. The Morgan fingerprint density at radius 3 is 2.81 bits per heavy atom. The molecule has 0 aromatic carbocycles. The highest BCUT2D eigenvalue weighted by Crippen LogP contribution is 2.19. The second-order valence-electron chi connectivity index (χ2n) is 6.07. The summed E-state index contributed by atoms with van der Waals surface area (Å²) in [5, 5.41) is 13.1. The van der Waals surface area contributed by atoms with Crippen molar-refractivity contribution in [3.05, 3.63) is 11.7 Å². The van der Waals surface area contributed by atoms with Gasteiger partial charge in [0, 0.05) is 25.0 Å². The minimum Gasteiger partial charge on any atom is -0.480 e. The van der Waals surface area contributed by atoms with Crippen LogP contribution in [0.15, 0.2) is 4.52 Å². The fourth-order valence-corrected chi connectivity index (χ4v) is 2.55. The maximum Gasteiger partial charge on any atom is 0.320 e. The first-order valence-electron chi connectivity index (χ1n) is 7.38. The van der Waals surface area contributed by atoms with Crippen LogP contribution in [-0.4, -0.2) is 63.2 Å². The standard InChI is InChI=1S/C14H24N4O3/c1-9(2)13-15-12(16-21-13)8-17(4)11-5-6-18(7-11)10(3)14(19)20/h9-11H,5-8H2,1-4H3,(H,19,20). The first-order valence-corrected chi connectivity index (χ1v) is 7.38. The van der Waals surface area contributed by atoms with Crippen LogP contribution in [0.25, 0.3) is 0 Å². The summed E-state index contributed by atoms with van der Waals surface area (Å²) in [6, 6.07) is -0.103. The highest BCUT2D eigenvalue weighted by Gasteiger charge is 2.31. The zero-order chi connectivity index (χ0) is 15.6. The average Bonchev–Trinajstić information content (AvgIpc) is 3.06. The van der Waals surface area contributed by atoms with E-state index in [1.54, 1.807) is 6.92 Å². The Morgan fingerprint density at radius 2 is 2.24 bits per heavy atom. The van der Waals surface area contributed by atoms with Crippen LogP contribution in [0.2, 0.25) is 0 Å². The molecule has 21 heavy (non-hydrogen) atoms. The number of hydrogen-bond acceptors (Lipinski definition) is 6. The van der Waals surface area contributed by atoms with E-state index >= 15 is 0 Å². The summed E-state index contributed by atoms with van der Waals surface area (Å²) in [6.45, 7) is 7.96. The van der Waals surface area contributed by atoms with E-state index in [0.29, 0.717) is 24.3 Å².